The maximum absolute atomic E-state index is 13.5. The van der Waals surface area contributed by atoms with E-state index in [9.17, 15) is 4.39 Å². The first kappa shape index (κ1) is 12.9. The molecule has 1 aliphatic heterocycles. The second-order valence-electron chi connectivity index (χ2n) is 4.96. The molecule has 2 aromatic carbocycles. The molecule has 1 aliphatic rings. The predicted octanol–water partition coefficient (Wildman–Crippen LogP) is 4.69. The monoisotopic (exact) mass is 295 g/mol. The molecule has 2 unspecified atom stereocenters. The van der Waals surface area contributed by atoms with Crippen LogP contribution in [-0.2, 0) is 5.54 Å². The van der Waals surface area contributed by atoms with E-state index in [-0.39, 0.29) is 22.4 Å². The molecule has 98 valence electrons. The average Bonchev–Trinajstić information content (AvgIpc) is 3.07. The Balaban J connectivity index is 1.90. The Morgan fingerprint density at radius 3 is 2.42 bits per heavy atom. The average molecular weight is 296 g/mol. The third kappa shape index (κ3) is 2.25. The number of hydrogen-bond acceptors (Lipinski definition) is 1. The first-order chi connectivity index (χ1) is 9.00. The molecular weight excluding hydrogens is 284 g/mol. The third-order valence-corrected chi connectivity index (χ3v) is 4.22. The van der Waals surface area contributed by atoms with Crippen molar-refractivity contribution in [3.8, 4) is 0 Å². The van der Waals surface area contributed by atoms with Gasteiger partial charge in [-0.2, -0.15) is 0 Å². The summed E-state index contributed by atoms with van der Waals surface area (Å²) in [6, 6.07) is 12.7. The Morgan fingerprint density at radius 2 is 1.79 bits per heavy atom. The maximum atomic E-state index is 13.5. The normalized spacial score (nSPS) is 25.4. The number of halogens is 3. The lowest BCUT2D eigenvalue weighted by Crippen LogP contribution is -2.06. The van der Waals surface area contributed by atoms with Gasteiger partial charge in [0, 0.05) is 5.02 Å². The molecule has 2 aromatic rings. The molecule has 1 saturated heterocycles. The Labute approximate surface area is 121 Å². The van der Waals surface area contributed by atoms with Crippen molar-refractivity contribution in [3.63, 3.8) is 0 Å². The van der Waals surface area contributed by atoms with E-state index in [1.807, 2.05) is 30.3 Å². The molecule has 0 bridgehead atoms. The summed E-state index contributed by atoms with van der Waals surface area (Å²) < 4.78 is 13.5. The SMILES string of the molecule is CC1(c2ccc(Cl)cc2)NC1c1ccc(Cl)c(F)c1. The molecule has 19 heavy (non-hydrogen) atoms. The van der Waals surface area contributed by atoms with Crippen molar-refractivity contribution in [3.05, 3.63) is 69.5 Å². The summed E-state index contributed by atoms with van der Waals surface area (Å²) in [4.78, 5) is 0. The van der Waals surface area contributed by atoms with Crippen molar-refractivity contribution in [2.24, 2.45) is 0 Å². The minimum absolute atomic E-state index is 0.0976. The first-order valence-electron chi connectivity index (χ1n) is 5.99. The van der Waals surface area contributed by atoms with Gasteiger partial charge < -0.3 is 0 Å². The fourth-order valence-corrected chi connectivity index (χ4v) is 2.66. The molecule has 0 spiro atoms. The molecule has 0 radical (unpaired) electrons. The summed E-state index contributed by atoms with van der Waals surface area (Å²) in [5, 5.41) is 4.25. The van der Waals surface area contributed by atoms with Gasteiger partial charge in [0.15, 0.2) is 0 Å². The van der Waals surface area contributed by atoms with Crippen molar-refractivity contribution >= 4 is 23.2 Å². The molecule has 1 heterocycles. The van der Waals surface area contributed by atoms with E-state index in [2.05, 4.69) is 12.2 Å². The topological polar surface area (TPSA) is 21.9 Å². The standard InChI is InChI=1S/C15H12Cl2FN/c1-15(10-3-5-11(16)6-4-10)14(19-15)9-2-7-12(17)13(18)8-9/h2-8,14,19H,1H3. The molecule has 1 N–H and O–H groups in total. The molecule has 1 nitrogen and oxygen atoms in total. The Hall–Kier alpha value is -1.09. The quantitative estimate of drug-likeness (QED) is 0.798. The zero-order valence-electron chi connectivity index (χ0n) is 10.3. The summed E-state index contributed by atoms with van der Waals surface area (Å²) in [7, 11) is 0. The van der Waals surface area contributed by atoms with Gasteiger partial charge in [0.05, 0.1) is 16.6 Å². The highest BCUT2D eigenvalue weighted by atomic mass is 35.5. The second-order valence-corrected chi connectivity index (χ2v) is 5.80. The van der Waals surface area contributed by atoms with Crippen LogP contribution in [0.3, 0.4) is 0 Å². The van der Waals surface area contributed by atoms with E-state index in [4.69, 9.17) is 23.2 Å². The van der Waals surface area contributed by atoms with E-state index in [0.717, 1.165) is 11.1 Å². The maximum Gasteiger partial charge on any atom is 0.142 e. The van der Waals surface area contributed by atoms with Crippen LogP contribution in [-0.4, -0.2) is 0 Å². The molecular formula is C15H12Cl2FN. The third-order valence-electron chi connectivity index (χ3n) is 3.66. The Morgan fingerprint density at radius 1 is 1.11 bits per heavy atom. The zero-order valence-corrected chi connectivity index (χ0v) is 11.8. The van der Waals surface area contributed by atoms with Crippen LogP contribution >= 0.6 is 23.2 Å². The van der Waals surface area contributed by atoms with Crippen molar-refractivity contribution in [1.82, 2.24) is 5.32 Å². The summed E-state index contributed by atoms with van der Waals surface area (Å²) in [6.45, 7) is 2.09. The molecule has 4 heteroatoms. The van der Waals surface area contributed by atoms with Crippen LogP contribution in [0.2, 0.25) is 10.0 Å². The smallest absolute Gasteiger partial charge is 0.142 e. The van der Waals surface area contributed by atoms with Crippen molar-refractivity contribution in [1.29, 1.82) is 0 Å². The van der Waals surface area contributed by atoms with Crippen molar-refractivity contribution < 1.29 is 4.39 Å². The van der Waals surface area contributed by atoms with Crippen molar-refractivity contribution in [2.75, 3.05) is 0 Å². The Kier molecular flexibility index (Phi) is 3.05. The molecule has 0 amide bonds. The van der Waals surface area contributed by atoms with Crippen LogP contribution in [0.4, 0.5) is 4.39 Å². The predicted molar refractivity (Wildman–Crippen MR) is 76.1 cm³/mol. The summed E-state index contributed by atoms with van der Waals surface area (Å²) in [6.07, 6.45) is 0. The lowest BCUT2D eigenvalue weighted by atomic mass is 9.93. The fourth-order valence-electron chi connectivity index (χ4n) is 2.41. The van der Waals surface area contributed by atoms with Crippen molar-refractivity contribution in [2.45, 2.75) is 18.5 Å². The number of hydrogen-bond donors (Lipinski definition) is 1. The van der Waals surface area contributed by atoms with Gasteiger partial charge in [-0.1, -0.05) is 41.4 Å². The van der Waals surface area contributed by atoms with Crippen LogP contribution in [0.25, 0.3) is 0 Å². The minimum atomic E-state index is -0.383. The molecule has 1 fully saturated rings. The number of nitrogens with one attached hydrogen (secondary N) is 1. The summed E-state index contributed by atoms with van der Waals surface area (Å²) in [5.41, 5.74) is 1.86. The molecule has 2 atom stereocenters. The zero-order chi connectivity index (χ0) is 13.6. The van der Waals surface area contributed by atoms with Gasteiger partial charge in [-0.3, -0.25) is 5.32 Å². The largest absolute Gasteiger partial charge is 0.297 e. The highest BCUT2D eigenvalue weighted by molar-refractivity contribution is 6.30. The minimum Gasteiger partial charge on any atom is -0.297 e. The molecule has 0 aliphatic carbocycles. The summed E-state index contributed by atoms with van der Waals surface area (Å²) in [5.74, 6) is -0.383. The van der Waals surface area contributed by atoms with E-state index >= 15 is 0 Å². The van der Waals surface area contributed by atoms with Crippen LogP contribution in [0.5, 0.6) is 0 Å². The van der Waals surface area contributed by atoms with E-state index in [0.29, 0.717) is 5.02 Å². The van der Waals surface area contributed by atoms with Gasteiger partial charge in [-0.25, -0.2) is 4.39 Å². The van der Waals surface area contributed by atoms with E-state index in [1.165, 1.54) is 6.07 Å². The first-order valence-corrected chi connectivity index (χ1v) is 6.75. The van der Waals surface area contributed by atoms with E-state index in [1.54, 1.807) is 6.07 Å². The van der Waals surface area contributed by atoms with E-state index < -0.39 is 0 Å². The Bertz CT molecular complexity index is 627. The van der Waals surface area contributed by atoms with Gasteiger partial charge >= 0.3 is 0 Å². The van der Waals surface area contributed by atoms with Crippen LogP contribution in [0.15, 0.2) is 42.5 Å². The lowest BCUT2D eigenvalue weighted by Gasteiger charge is -2.10. The number of rotatable bonds is 2. The highest BCUT2D eigenvalue weighted by Gasteiger charge is 2.51. The van der Waals surface area contributed by atoms with Gasteiger partial charge in [-0.05, 0) is 42.3 Å². The molecule has 0 aromatic heterocycles. The van der Waals surface area contributed by atoms with Gasteiger partial charge in [0.2, 0.25) is 0 Å². The van der Waals surface area contributed by atoms with Gasteiger partial charge in [-0.15, -0.1) is 0 Å². The fraction of sp³-hybridized carbons (Fsp3) is 0.200. The highest BCUT2D eigenvalue weighted by Crippen LogP contribution is 2.48. The number of benzene rings is 2. The van der Waals surface area contributed by atoms with Crippen LogP contribution in [0.1, 0.15) is 24.1 Å². The van der Waals surface area contributed by atoms with Crippen LogP contribution < -0.4 is 5.32 Å². The van der Waals surface area contributed by atoms with Crippen LogP contribution in [0, 0.1) is 5.82 Å². The molecule has 0 saturated carbocycles. The lowest BCUT2D eigenvalue weighted by molar-refractivity contribution is 0.624. The van der Waals surface area contributed by atoms with Gasteiger partial charge in [0.1, 0.15) is 5.82 Å². The summed E-state index contributed by atoms with van der Waals surface area (Å²) >= 11 is 11.6. The molecule has 3 rings (SSSR count). The van der Waals surface area contributed by atoms with Gasteiger partial charge in [0.25, 0.3) is 0 Å². The second kappa shape index (κ2) is 4.48.